The molecule has 2 atom stereocenters. The Labute approximate surface area is 89.5 Å². The first-order valence-electron chi connectivity index (χ1n) is 4.98. The predicted molar refractivity (Wildman–Crippen MR) is 62.5 cm³/mol. The summed E-state index contributed by atoms with van der Waals surface area (Å²) in [6, 6.07) is 10.8. The minimum absolute atomic E-state index is 0.611. The third-order valence-corrected chi connectivity index (χ3v) is 3.78. The van der Waals surface area contributed by atoms with Crippen LogP contribution in [0.15, 0.2) is 30.3 Å². The monoisotopic (exact) mass is 240 g/mol. The highest BCUT2D eigenvalue weighted by molar-refractivity contribution is 9.09. The first kappa shape index (κ1) is 10.8. The van der Waals surface area contributed by atoms with Crippen LogP contribution in [0, 0.1) is 0 Å². The molecule has 72 valence electrons. The minimum atomic E-state index is 0.611. The summed E-state index contributed by atoms with van der Waals surface area (Å²) >= 11 is 3.74. The average molecular weight is 241 g/mol. The van der Waals surface area contributed by atoms with E-state index in [1.165, 1.54) is 18.4 Å². The summed E-state index contributed by atoms with van der Waals surface area (Å²) in [4.78, 5) is 0.611. The normalized spacial score (nSPS) is 15.3. The Morgan fingerprint density at radius 2 is 1.69 bits per heavy atom. The average Bonchev–Trinajstić information content (AvgIpc) is 2.20. The van der Waals surface area contributed by atoms with Gasteiger partial charge < -0.3 is 0 Å². The number of rotatable bonds is 4. The van der Waals surface area contributed by atoms with Gasteiger partial charge in [0.05, 0.1) is 0 Å². The van der Waals surface area contributed by atoms with E-state index in [4.69, 9.17) is 0 Å². The van der Waals surface area contributed by atoms with Crippen molar-refractivity contribution in [3.05, 3.63) is 35.9 Å². The zero-order valence-electron chi connectivity index (χ0n) is 8.33. The summed E-state index contributed by atoms with van der Waals surface area (Å²) in [7, 11) is 0. The number of halogens is 1. The van der Waals surface area contributed by atoms with Gasteiger partial charge in [-0.2, -0.15) is 0 Å². The fourth-order valence-corrected chi connectivity index (χ4v) is 2.36. The van der Waals surface area contributed by atoms with Crippen LogP contribution in [-0.2, 0) is 0 Å². The van der Waals surface area contributed by atoms with Crippen LogP contribution in [0.3, 0.4) is 0 Å². The van der Waals surface area contributed by atoms with E-state index < -0.39 is 0 Å². The molecule has 13 heavy (non-hydrogen) atoms. The Morgan fingerprint density at radius 3 is 2.15 bits per heavy atom. The van der Waals surface area contributed by atoms with Gasteiger partial charge in [-0.05, 0) is 24.3 Å². The van der Waals surface area contributed by atoms with Crippen LogP contribution < -0.4 is 0 Å². The Bertz CT molecular complexity index is 230. The van der Waals surface area contributed by atoms with Gasteiger partial charge in [0, 0.05) is 4.83 Å². The summed E-state index contributed by atoms with van der Waals surface area (Å²) < 4.78 is 0. The van der Waals surface area contributed by atoms with Crippen molar-refractivity contribution in [2.24, 2.45) is 0 Å². The van der Waals surface area contributed by atoms with Crippen LogP contribution in [0.2, 0.25) is 0 Å². The predicted octanol–water partition coefficient (Wildman–Crippen LogP) is 4.35. The van der Waals surface area contributed by atoms with Gasteiger partial charge in [-0.25, -0.2) is 0 Å². The van der Waals surface area contributed by atoms with Crippen LogP contribution in [0.4, 0.5) is 0 Å². The molecule has 1 aromatic rings. The summed E-state index contributed by atoms with van der Waals surface area (Å²) in [5.74, 6) is 0.659. The van der Waals surface area contributed by atoms with Gasteiger partial charge in [-0.3, -0.25) is 0 Å². The first-order valence-corrected chi connectivity index (χ1v) is 5.90. The molecule has 0 radical (unpaired) electrons. The molecular formula is C12H17Br. The highest BCUT2D eigenvalue weighted by Gasteiger charge is 2.16. The Kier molecular flexibility index (Phi) is 4.51. The molecule has 0 aliphatic carbocycles. The third-order valence-electron chi connectivity index (χ3n) is 2.49. The second-order valence-electron chi connectivity index (χ2n) is 3.35. The molecule has 0 fully saturated rings. The molecule has 0 nitrogen and oxygen atoms in total. The topological polar surface area (TPSA) is 0 Å². The van der Waals surface area contributed by atoms with Crippen molar-refractivity contribution in [1.82, 2.24) is 0 Å². The number of alkyl halides is 1. The van der Waals surface area contributed by atoms with E-state index >= 15 is 0 Å². The van der Waals surface area contributed by atoms with E-state index in [-0.39, 0.29) is 0 Å². The van der Waals surface area contributed by atoms with E-state index in [0.717, 1.165) is 0 Å². The Hall–Kier alpha value is -0.300. The Morgan fingerprint density at radius 1 is 1.08 bits per heavy atom. The maximum atomic E-state index is 3.74. The highest BCUT2D eigenvalue weighted by Crippen LogP contribution is 2.29. The van der Waals surface area contributed by atoms with Gasteiger partial charge in [-0.1, -0.05) is 60.1 Å². The van der Waals surface area contributed by atoms with Crippen molar-refractivity contribution >= 4 is 15.9 Å². The molecule has 0 heterocycles. The van der Waals surface area contributed by atoms with Crippen LogP contribution >= 0.6 is 15.9 Å². The van der Waals surface area contributed by atoms with Crippen molar-refractivity contribution < 1.29 is 0 Å². The molecular weight excluding hydrogens is 224 g/mol. The van der Waals surface area contributed by atoms with Gasteiger partial charge in [0.2, 0.25) is 0 Å². The molecule has 1 aromatic carbocycles. The standard InChI is InChI=1S/C12H17Br/c1-3-11(12(13)4-2)10-8-6-5-7-9-10/h5-9,11-12H,3-4H2,1-2H3. The van der Waals surface area contributed by atoms with E-state index in [2.05, 4.69) is 60.1 Å². The molecule has 0 aromatic heterocycles. The number of benzene rings is 1. The maximum Gasteiger partial charge on any atom is 0.0211 e. The van der Waals surface area contributed by atoms with Crippen molar-refractivity contribution in [1.29, 1.82) is 0 Å². The second kappa shape index (κ2) is 5.43. The smallest absolute Gasteiger partial charge is 0.0211 e. The minimum Gasteiger partial charge on any atom is -0.0884 e. The van der Waals surface area contributed by atoms with E-state index in [1.807, 2.05) is 0 Å². The Balaban J connectivity index is 2.78. The molecule has 1 rings (SSSR count). The summed E-state index contributed by atoms with van der Waals surface area (Å²) in [6.07, 6.45) is 2.39. The van der Waals surface area contributed by atoms with Gasteiger partial charge in [-0.15, -0.1) is 0 Å². The molecule has 0 bridgehead atoms. The highest BCUT2D eigenvalue weighted by atomic mass is 79.9. The second-order valence-corrected chi connectivity index (χ2v) is 4.53. The zero-order chi connectivity index (χ0) is 9.68. The lowest BCUT2D eigenvalue weighted by molar-refractivity contribution is 0.620. The quantitative estimate of drug-likeness (QED) is 0.687. The number of hydrogen-bond donors (Lipinski definition) is 0. The SMILES string of the molecule is CCC(Br)C(CC)c1ccccc1. The molecule has 0 amide bonds. The molecule has 0 aliphatic rings. The summed E-state index contributed by atoms with van der Waals surface area (Å²) in [5.41, 5.74) is 1.45. The summed E-state index contributed by atoms with van der Waals surface area (Å²) in [6.45, 7) is 4.48. The maximum absolute atomic E-state index is 3.74. The fraction of sp³-hybridized carbons (Fsp3) is 0.500. The van der Waals surface area contributed by atoms with Crippen LogP contribution in [0.5, 0.6) is 0 Å². The molecule has 0 saturated carbocycles. The van der Waals surface area contributed by atoms with Gasteiger partial charge in [0.15, 0.2) is 0 Å². The third kappa shape index (κ3) is 2.84. The number of hydrogen-bond acceptors (Lipinski definition) is 0. The largest absolute Gasteiger partial charge is 0.0884 e. The van der Waals surface area contributed by atoms with Crippen molar-refractivity contribution in [3.8, 4) is 0 Å². The van der Waals surface area contributed by atoms with Gasteiger partial charge in [0.25, 0.3) is 0 Å². The van der Waals surface area contributed by atoms with Gasteiger partial charge in [0.1, 0.15) is 0 Å². The van der Waals surface area contributed by atoms with E-state index in [0.29, 0.717) is 10.7 Å². The lowest BCUT2D eigenvalue weighted by atomic mass is 9.92. The molecule has 2 unspecified atom stereocenters. The lowest BCUT2D eigenvalue weighted by Gasteiger charge is -2.20. The molecule has 0 spiro atoms. The summed E-state index contributed by atoms with van der Waals surface area (Å²) in [5, 5.41) is 0. The molecule has 1 heteroatoms. The van der Waals surface area contributed by atoms with Crippen molar-refractivity contribution in [2.75, 3.05) is 0 Å². The van der Waals surface area contributed by atoms with Crippen molar-refractivity contribution in [2.45, 2.75) is 37.4 Å². The lowest BCUT2D eigenvalue weighted by Crippen LogP contribution is -2.10. The molecule has 0 N–H and O–H groups in total. The van der Waals surface area contributed by atoms with E-state index in [1.54, 1.807) is 0 Å². The first-order chi connectivity index (χ1) is 6.29. The zero-order valence-corrected chi connectivity index (χ0v) is 9.92. The van der Waals surface area contributed by atoms with Gasteiger partial charge >= 0.3 is 0 Å². The van der Waals surface area contributed by atoms with E-state index in [9.17, 15) is 0 Å². The van der Waals surface area contributed by atoms with Crippen LogP contribution in [-0.4, -0.2) is 4.83 Å². The van der Waals surface area contributed by atoms with Crippen LogP contribution in [0.1, 0.15) is 38.2 Å². The molecule has 0 aliphatic heterocycles. The van der Waals surface area contributed by atoms with Crippen LogP contribution in [0.25, 0.3) is 0 Å². The fourth-order valence-electron chi connectivity index (χ4n) is 1.69. The molecule has 0 saturated heterocycles. The van der Waals surface area contributed by atoms with Crippen molar-refractivity contribution in [3.63, 3.8) is 0 Å².